The van der Waals surface area contributed by atoms with Crippen LogP contribution in [0.2, 0.25) is 0 Å². The number of nitrogen functional groups attached to an aromatic ring is 1. The van der Waals surface area contributed by atoms with Gasteiger partial charge in [-0.2, -0.15) is 5.10 Å². The molecule has 0 saturated carbocycles. The molecule has 78 valence electrons. The first-order valence-electron chi connectivity index (χ1n) is 4.42. The summed E-state index contributed by atoms with van der Waals surface area (Å²) in [5.74, 6) is 0.246. The maximum Gasteiger partial charge on any atom is 0.307 e. The highest BCUT2D eigenvalue weighted by molar-refractivity contribution is 5.70. The van der Waals surface area contributed by atoms with E-state index in [0.717, 1.165) is 0 Å². The van der Waals surface area contributed by atoms with Crippen LogP contribution in [0.1, 0.15) is 13.3 Å². The van der Waals surface area contributed by atoms with Crippen LogP contribution in [0.3, 0.4) is 0 Å². The molecule has 0 amide bonds. The number of anilines is 2. The normalized spacial score (nSPS) is 9.79. The van der Waals surface area contributed by atoms with Crippen molar-refractivity contribution in [1.82, 2.24) is 10.2 Å². The Morgan fingerprint density at radius 2 is 2.57 bits per heavy atom. The van der Waals surface area contributed by atoms with Gasteiger partial charge in [0.1, 0.15) is 5.82 Å². The highest BCUT2D eigenvalue weighted by atomic mass is 16.5. The van der Waals surface area contributed by atoms with E-state index in [1.165, 1.54) is 0 Å². The third kappa shape index (κ3) is 2.96. The van der Waals surface area contributed by atoms with Crippen molar-refractivity contribution >= 4 is 17.5 Å². The molecule has 1 aromatic heterocycles. The number of nitrogens with two attached hydrogens (primary N) is 1. The molecule has 1 rings (SSSR count). The van der Waals surface area contributed by atoms with Gasteiger partial charge in [-0.05, 0) is 6.92 Å². The summed E-state index contributed by atoms with van der Waals surface area (Å²) in [5, 5.41) is 9.27. The van der Waals surface area contributed by atoms with E-state index in [9.17, 15) is 4.79 Å². The first-order chi connectivity index (χ1) is 6.74. The first kappa shape index (κ1) is 10.4. The second-order valence-corrected chi connectivity index (χ2v) is 2.68. The first-order valence-corrected chi connectivity index (χ1v) is 4.42. The van der Waals surface area contributed by atoms with Crippen LogP contribution in [0.25, 0.3) is 0 Å². The van der Waals surface area contributed by atoms with Crippen LogP contribution in [-0.4, -0.2) is 29.3 Å². The van der Waals surface area contributed by atoms with Crippen LogP contribution in [0.4, 0.5) is 11.5 Å². The lowest BCUT2D eigenvalue weighted by Crippen LogP contribution is -2.11. The Morgan fingerprint density at radius 3 is 3.14 bits per heavy atom. The number of aromatic amines is 1. The summed E-state index contributed by atoms with van der Waals surface area (Å²) in [4.78, 5) is 10.9. The molecule has 0 saturated heterocycles. The van der Waals surface area contributed by atoms with Crippen LogP contribution >= 0.6 is 0 Å². The summed E-state index contributed by atoms with van der Waals surface area (Å²) in [5.41, 5.74) is 6.22. The average molecular weight is 198 g/mol. The van der Waals surface area contributed by atoms with E-state index >= 15 is 0 Å². The molecule has 0 radical (unpaired) electrons. The van der Waals surface area contributed by atoms with Gasteiger partial charge in [-0.1, -0.05) is 0 Å². The molecule has 0 aliphatic heterocycles. The molecule has 4 N–H and O–H groups in total. The van der Waals surface area contributed by atoms with Crippen molar-refractivity contribution in [3.63, 3.8) is 0 Å². The van der Waals surface area contributed by atoms with Crippen molar-refractivity contribution in [2.45, 2.75) is 13.3 Å². The molecule has 0 aliphatic carbocycles. The van der Waals surface area contributed by atoms with Crippen LogP contribution in [0.5, 0.6) is 0 Å². The molecule has 1 aromatic rings. The Hall–Kier alpha value is -1.72. The van der Waals surface area contributed by atoms with Crippen LogP contribution in [0, 0.1) is 0 Å². The van der Waals surface area contributed by atoms with Gasteiger partial charge in [0.05, 0.1) is 24.9 Å². The van der Waals surface area contributed by atoms with Gasteiger partial charge in [-0.15, -0.1) is 0 Å². The van der Waals surface area contributed by atoms with Gasteiger partial charge in [0.2, 0.25) is 0 Å². The standard InChI is InChI=1S/C8H14N4O2/c1-2-14-7(13)3-4-10-6-5-11-12-8(6)9/h5,10H,2-4H2,1H3,(H3,9,11,12). The molecule has 14 heavy (non-hydrogen) atoms. The summed E-state index contributed by atoms with van der Waals surface area (Å²) in [6, 6.07) is 0. The van der Waals surface area contributed by atoms with Crippen molar-refractivity contribution in [3.8, 4) is 0 Å². The zero-order valence-electron chi connectivity index (χ0n) is 8.04. The predicted octanol–water partition coefficient (Wildman–Crippen LogP) is 0.357. The molecular formula is C8H14N4O2. The number of esters is 1. The Morgan fingerprint density at radius 1 is 1.79 bits per heavy atom. The fraction of sp³-hybridized carbons (Fsp3) is 0.500. The van der Waals surface area contributed by atoms with Gasteiger partial charge in [-0.3, -0.25) is 9.89 Å². The van der Waals surface area contributed by atoms with Gasteiger partial charge in [0.15, 0.2) is 0 Å². The smallest absolute Gasteiger partial charge is 0.307 e. The van der Waals surface area contributed by atoms with E-state index in [1.54, 1.807) is 13.1 Å². The van der Waals surface area contributed by atoms with Crippen molar-refractivity contribution in [2.75, 3.05) is 24.2 Å². The van der Waals surface area contributed by atoms with E-state index in [1.807, 2.05) is 0 Å². The quantitative estimate of drug-likeness (QED) is 0.594. The SMILES string of the molecule is CCOC(=O)CCNc1cn[nH]c1N. The minimum Gasteiger partial charge on any atom is -0.466 e. The number of aromatic nitrogens is 2. The zero-order chi connectivity index (χ0) is 10.4. The monoisotopic (exact) mass is 198 g/mol. The number of carbonyl (C=O) groups excluding carboxylic acids is 1. The lowest BCUT2D eigenvalue weighted by atomic mass is 10.4. The highest BCUT2D eigenvalue weighted by Gasteiger charge is 2.03. The fourth-order valence-corrected chi connectivity index (χ4v) is 0.969. The lowest BCUT2D eigenvalue weighted by molar-refractivity contribution is -0.142. The largest absolute Gasteiger partial charge is 0.466 e. The second kappa shape index (κ2) is 5.11. The summed E-state index contributed by atoms with van der Waals surface area (Å²) in [6.07, 6.45) is 1.89. The Bertz CT molecular complexity index is 297. The Kier molecular flexibility index (Phi) is 3.78. The van der Waals surface area contributed by atoms with E-state index in [4.69, 9.17) is 10.5 Å². The van der Waals surface area contributed by atoms with E-state index < -0.39 is 0 Å². The summed E-state index contributed by atoms with van der Waals surface area (Å²) < 4.78 is 4.76. The van der Waals surface area contributed by atoms with Crippen molar-refractivity contribution in [3.05, 3.63) is 6.20 Å². The molecule has 6 nitrogen and oxygen atoms in total. The lowest BCUT2D eigenvalue weighted by Gasteiger charge is -2.03. The molecular weight excluding hydrogens is 184 g/mol. The number of hydrogen-bond acceptors (Lipinski definition) is 5. The minimum atomic E-state index is -0.220. The summed E-state index contributed by atoms with van der Waals surface area (Å²) in [7, 11) is 0. The maximum atomic E-state index is 10.9. The van der Waals surface area contributed by atoms with Crippen molar-refractivity contribution < 1.29 is 9.53 Å². The summed E-state index contributed by atoms with van der Waals surface area (Å²) in [6.45, 7) is 2.68. The number of nitrogens with zero attached hydrogens (tertiary/aromatic N) is 1. The maximum absolute atomic E-state index is 10.9. The second-order valence-electron chi connectivity index (χ2n) is 2.68. The molecule has 0 fully saturated rings. The average Bonchev–Trinajstić information content (AvgIpc) is 2.52. The van der Waals surface area contributed by atoms with Gasteiger partial charge in [-0.25, -0.2) is 0 Å². The van der Waals surface area contributed by atoms with E-state index in [0.29, 0.717) is 31.1 Å². The van der Waals surface area contributed by atoms with E-state index in [2.05, 4.69) is 15.5 Å². The van der Waals surface area contributed by atoms with Gasteiger partial charge < -0.3 is 15.8 Å². The Balaban J connectivity index is 2.22. The fourth-order valence-electron chi connectivity index (χ4n) is 0.969. The van der Waals surface area contributed by atoms with Gasteiger partial charge >= 0.3 is 5.97 Å². The molecule has 0 atom stereocenters. The van der Waals surface area contributed by atoms with Crippen molar-refractivity contribution in [2.24, 2.45) is 0 Å². The molecule has 0 spiro atoms. The van der Waals surface area contributed by atoms with Gasteiger partial charge in [0, 0.05) is 6.54 Å². The van der Waals surface area contributed by atoms with Crippen LogP contribution in [0.15, 0.2) is 6.20 Å². The molecule has 0 unspecified atom stereocenters. The molecule has 1 heterocycles. The predicted molar refractivity (Wildman–Crippen MR) is 52.7 cm³/mol. The van der Waals surface area contributed by atoms with Crippen LogP contribution in [-0.2, 0) is 9.53 Å². The molecule has 6 heteroatoms. The Labute approximate surface area is 81.8 Å². The third-order valence-corrected chi connectivity index (χ3v) is 1.62. The summed E-state index contributed by atoms with van der Waals surface area (Å²) >= 11 is 0. The number of ether oxygens (including phenoxy) is 1. The topological polar surface area (TPSA) is 93.0 Å². The zero-order valence-corrected chi connectivity index (χ0v) is 8.04. The van der Waals surface area contributed by atoms with Crippen LogP contribution < -0.4 is 11.1 Å². The number of nitrogens with one attached hydrogen (secondary N) is 2. The molecule has 0 aliphatic rings. The number of hydrogen-bond donors (Lipinski definition) is 3. The third-order valence-electron chi connectivity index (χ3n) is 1.62. The van der Waals surface area contributed by atoms with Gasteiger partial charge in [0.25, 0.3) is 0 Å². The van der Waals surface area contributed by atoms with E-state index in [-0.39, 0.29) is 5.97 Å². The number of rotatable bonds is 5. The highest BCUT2D eigenvalue weighted by Crippen LogP contribution is 2.12. The molecule has 0 bridgehead atoms. The number of carbonyl (C=O) groups is 1. The number of H-pyrrole nitrogens is 1. The van der Waals surface area contributed by atoms with Crippen molar-refractivity contribution in [1.29, 1.82) is 0 Å². The molecule has 0 aromatic carbocycles. The minimum absolute atomic E-state index is 0.220.